The number of halogens is 2. The van der Waals surface area contributed by atoms with E-state index in [-0.39, 0.29) is 17.4 Å². The normalized spacial score (nSPS) is 10.9. The molecular formula is C15H22F2N2O3. The summed E-state index contributed by atoms with van der Waals surface area (Å²) in [6.07, 6.45) is 0. The summed E-state index contributed by atoms with van der Waals surface area (Å²) in [6.45, 7) is 4.26. The van der Waals surface area contributed by atoms with Gasteiger partial charge in [0.15, 0.2) is 11.5 Å². The Bertz CT molecular complexity index is 480. The van der Waals surface area contributed by atoms with Crippen molar-refractivity contribution in [1.29, 1.82) is 0 Å². The molecule has 0 aliphatic rings. The van der Waals surface area contributed by atoms with Gasteiger partial charge in [0.25, 0.3) is 5.91 Å². The molecular weight excluding hydrogens is 294 g/mol. The second kappa shape index (κ2) is 9.19. The molecule has 1 N–H and O–H groups in total. The fourth-order valence-electron chi connectivity index (χ4n) is 1.97. The number of benzene rings is 1. The maximum atomic E-state index is 12.2. The third kappa shape index (κ3) is 5.48. The predicted molar refractivity (Wildman–Crippen MR) is 79.7 cm³/mol. The second-order valence-corrected chi connectivity index (χ2v) is 4.53. The van der Waals surface area contributed by atoms with Gasteiger partial charge in [-0.1, -0.05) is 13.8 Å². The van der Waals surface area contributed by atoms with Crippen molar-refractivity contribution >= 4 is 5.91 Å². The summed E-state index contributed by atoms with van der Waals surface area (Å²) < 4.78 is 33.8. The quantitative estimate of drug-likeness (QED) is 0.760. The summed E-state index contributed by atoms with van der Waals surface area (Å²) in [4.78, 5) is 14.2. The highest BCUT2D eigenvalue weighted by Crippen LogP contribution is 2.29. The topological polar surface area (TPSA) is 50.8 Å². The summed E-state index contributed by atoms with van der Waals surface area (Å²) in [5.74, 6) is -0.289. The minimum absolute atomic E-state index is 0.0942. The van der Waals surface area contributed by atoms with E-state index in [0.717, 1.165) is 19.6 Å². The Hall–Kier alpha value is -1.89. The van der Waals surface area contributed by atoms with Crippen molar-refractivity contribution in [3.05, 3.63) is 23.8 Å². The first-order valence-corrected chi connectivity index (χ1v) is 7.15. The zero-order valence-electron chi connectivity index (χ0n) is 13.1. The molecule has 0 spiro atoms. The molecule has 22 heavy (non-hydrogen) atoms. The molecule has 0 atom stereocenters. The Kier molecular flexibility index (Phi) is 7.59. The summed E-state index contributed by atoms with van der Waals surface area (Å²) in [6, 6.07) is 4.10. The van der Waals surface area contributed by atoms with Crippen LogP contribution in [0.2, 0.25) is 0 Å². The van der Waals surface area contributed by atoms with Gasteiger partial charge in [0, 0.05) is 18.7 Å². The molecule has 1 amide bonds. The zero-order chi connectivity index (χ0) is 16.5. The number of amides is 1. The highest BCUT2D eigenvalue weighted by molar-refractivity contribution is 5.94. The van der Waals surface area contributed by atoms with Gasteiger partial charge in [-0.15, -0.1) is 0 Å². The Labute approximate surface area is 129 Å². The lowest BCUT2D eigenvalue weighted by Crippen LogP contribution is -2.34. The average Bonchev–Trinajstić information content (AvgIpc) is 2.51. The minimum Gasteiger partial charge on any atom is -0.493 e. The van der Waals surface area contributed by atoms with Gasteiger partial charge in [0.2, 0.25) is 0 Å². The van der Waals surface area contributed by atoms with Gasteiger partial charge in [-0.25, -0.2) is 0 Å². The average molecular weight is 316 g/mol. The lowest BCUT2D eigenvalue weighted by molar-refractivity contribution is -0.0512. The number of nitrogens with one attached hydrogen (secondary N) is 1. The van der Waals surface area contributed by atoms with Gasteiger partial charge in [-0.2, -0.15) is 8.78 Å². The van der Waals surface area contributed by atoms with E-state index in [1.807, 2.05) is 0 Å². The number of likely N-dealkylation sites (N-methyl/N-ethyl adjacent to an activating group) is 1. The van der Waals surface area contributed by atoms with E-state index in [4.69, 9.17) is 4.74 Å². The number of alkyl halides is 2. The molecule has 0 bridgehead atoms. The molecule has 0 unspecified atom stereocenters. The summed E-state index contributed by atoms with van der Waals surface area (Å²) in [7, 11) is 1.33. The second-order valence-electron chi connectivity index (χ2n) is 4.53. The Morgan fingerprint density at radius 2 is 1.95 bits per heavy atom. The predicted octanol–water partition coefficient (Wildman–Crippen LogP) is 2.37. The fraction of sp³-hybridized carbons (Fsp3) is 0.533. The minimum atomic E-state index is -2.94. The first kappa shape index (κ1) is 18.2. The molecule has 0 saturated heterocycles. The van der Waals surface area contributed by atoms with E-state index < -0.39 is 6.61 Å². The molecule has 0 aliphatic heterocycles. The highest BCUT2D eigenvalue weighted by atomic mass is 19.3. The van der Waals surface area contributed by atoms with Crippen LogP contribution in [0.3, 0.4) is 0 Å². The van der Waals surface area contributed by atoms with Crippen LogP contribution in [0.5, 0.6) is 11.5 Å². The van der Waals surface area contributed by atoms with Crippen LogP contribution < -0.4 is 14.8 Å². The van der Waals surface area contributed by atoms with Gasteiger partial charge in [-0.3, -0.25) is 4.79 Å². The van der Waals surface area contributed by atoms with Crippen LogP contribution in [0.4, 0.5) is 8.78 Å². The third-order valence-corrected chi connectivity index (χ3v) is 3.25. The third-order valence-electron chi connectivity index (χ3n) is 3.25. The molecule has 0 aliphatic carbocycles. The van der Waals surface area contributed by atoms with E-state index in [2.05, 4.69) is 28.8 Å². The monoisotopic (exact) mass is 316 g/mol. The van der Waals surface area contributed by atoms with Gasteiger partial charge in [0.1, 0.15) is 0 Å². The number of carbonyl (C=O) groups excluding carboxylic acids is 1. The van der Waals surface area contributed by atoms with Crippen LogP contribution >= 0.6 is 0 Å². The van der Waals surface area contributed by atoms with E-state index in [1.54, 1.807) is 0 Å². The fourth-order valence-corrected chi connectivity index (χ4v) is 1.97. The van der Waals surface area contributed by atoms with E-state index in [1.165, 1.54) is 25.3 Å². The summed E-state index contributed by atoms with van der Waals surface area (Å²) in [5, 5.41) is 2.78. The lowest BCUT2D eigenvalue weighted by Gasteiger charge is -2.18. The van der Waals surface area contributed by atoms with Crippen molar-refractivity contribution in [3.8, 4) is 11.5 Å². The van der Waals surface area contributed by atoms with Crippen LogP contribution in [0, 0.1) is 0 Å². The standard InChI is InChI=1S/C15H22F2N2O3/c1-4-19(5-2)9-8-18-14(20)11-6-7-12(22-15(16)17)13(10-11)21-3/h6-7,10,15H,4-5,8-9H2,1-3H3,(H,18,20). The molecule has 0 aromatic heterocycles. The Morgan fingerprint density at radius 3 is 2.50 bits per heavy atom. The molecule has 7 heteroatoms. The van der Waals surface area contributed by atoms with Crippen LogP contribution in [-0.2, 0) is 0 Å². The molecule has 124 valence electrons. The van der Waals surface area contributed by atoms with Gasteiger partial charge < -0.3 is 19.7 Å². The van der Waals surface area contributed by atoms with Crippen molar-refractivity contribution in [2.45, 2.75) is 20.5 Å². The highest BCUT2D eigenvalue weighted by Gasteiger charge is 2.14. The number of hydrogen-bond donors (Lipinski definition) is 1. The van der Waals surface area contributed by atoms with Crippen LogP contribution in [-0.4, -0.2) is 50.7 Å². The van der Waals surface area contributed by atoms with Crippen molar-refractivity contribution < 1.29 is 23.0 Å². The van der Waals surface area contributed by atoms with Crippen molar-refractivity contribution in [2.75, 3.05) is 33.3 Å². The molecule has 5 nitrogen and oxygen atoms in total. The van der Waals surface area contributed by atoms with E-state index >= 15 is 0 Å². The first-order chi connectivity index (χ1) is 10.5. The summed E-state index contributed by atoms with van der Waals surface area (Å²) in [5.41, 5.74) is 0.331. The van der Waals surface area contributed by atoms with E-state index in [0.29, 0.717) is 12.1 Å². The maximum Gasteiger partial charge on any atom is 0.387 e. The first-order valence-electron chi connectivity index (χ1n) is 7.15. The molecule has 0 fully saturated rings. The van der Waals surface area contributed by atoms with Crippen molar-refractivity contribution in [1.82, 2.24) is 10.2 Å². The smallest absolute Gasteiger partial charge is 0.387 e. The lowest BCUT2D eigenvalue weighted by atomic mass is 10.2. The summed E-state index contributed by atoms with van der Waals surface area (Å²) >= 11 is 0. The molecule has 1 rings (SSSR count). The van der Waals surface area contributed by atoms with E-state index in [9.17, 15) is 13.6 Å². The van der Waals surface area contributed by atoms with Gasteiger partial charge >= 0.3 is 6.61 Å². The zero-order valence-corrected chi connectivity index (χ0v) is 13.1. The molecule has 0 radical (unpaired) electrons. The molecule has 1 aromatic carbocycles. The van der Waals surface area contributed by atoms with Crippen molar-refractivity contribution in [3.63, 3.8) is 0 Å². The number of ether oxygens (including phenoxy) is 2. The molecule has 1 aromatic rings. The van der Waals surface area contributed by atoms with Crippen molar-refractivity contribution in [2.24, 2.45) is 0 Å². The van der Waals surface area contributed by atoms with Gasteiger partial charge in [0.05, 0.1) is 7.11 Å². The number of rotatable bonds is 9. The van der Waals surface area contributed by atoms with Crippen LogP contribution in [0.1, 0.15) is 24.2 Å². The number of carbonyl (C=O) groups is 1. The number of methoxy groups -OCH3 is 1. The Balaban J connectivity index is 2.66. The number of nitrogens with zero attached hydrogens (tertiary/aromatic N) is 1. The SMILES string of the molecule is CCN(CC)CCNC(=O)c1ccc(OC(F)F)c(OC)c1. The molecule has 0 saturated carbocycles. The van der Waals surface area contributed by atoms with Crippen LogP contribution in [0.15, 0.2) is 18.2 Å². The Morgan fingerprint density at radius 1 is 1.27 bits per heavy atom. The number of hydrogen-bond acceptors (Lipinski definition) is 4. The largest absolute Gasteiger partial charge is 0.493 e. The molecule has 0 heterocycles. The maximum absolute atomic E-state index is 12.2. The van der Waals surface area contributed by atoms with Crippen LogP contribution in [0.25, 0.3) is 0 Å². The van der Waals surface area contributed by atoms with Gasteiger partial charge in [-0.05, 0) is 31.3 Å².